The highest BCUT2D eigenvalue weighted by Gasteiger charge is 2.53. The fraction of sp³-hybridized carbons (Fsp3) is 0.677. The summed E-state index contributed by atoms with van der Waals surface area (Å²) >= 11 is 0. The van der Waals surface area contributed by atoms with E-state index in [0.29, 0.717) is 210 Å². The number of methoxy groups -OCH3 is 4. The first-order chi connectivity index (χ1) is 60.2. The third kappa shape index (κ3) is 30.1. The van der Waals surface area contributed by atoms with Crippen molar-refractivity contribution >= 4 is 68.7 Å². The maximum absolute atomic E-state index is 15.0. The van der Waals surface area contributed by atoms with Gasteiger partial charge in [0, 0.05) is 134 Å². The van der Waals surface area contributed by atoms with Crippen LogP contribution < -0.4 is 11.1 Å². The number of aliphatic hydroxyl groups is 2. The van der Waals surface area contributed by atoms with E-state index in [2.05, 4.69) is 30.6 Å². The van der Waals surface area contributed by atoms with Gasteiger partial charge in [0.05, 0.1) is 107 Å². The molecule has 0 unspecified atom stereocenters. The second-order valence-electron chi connectivity index (χ2n) is 34.4. The van der Waals surface area contributed by atoms with Crippen molar-refractivity contribution in [3.8, 4) is 17.1 Å². The molecule has 2 bridgehead atoms. The van der Waals surface area contributed by atoms with Crippen LogP contribution in [-0.4, -0.2) is 263 Å². The number of nitrogens with one attached hydrogen (secondary N) is 2. The molecule has 4 aromatic heterocycles. The van der Waals surface area contributed by atoms with Crippen molar-refractivity contribution in [1.29, 1.82) is 0 Å². The van der Waals surface area contributed by atoms with Crippen LogP contribution >= 0.6 is 0 Å². The van der Waals surface area contributed by atoms with Crippen molar-refractivity contribution in [2.75, 3.05) is 113 Å². The van der Waals surface area contributed by atoms with Gasteiger partial charge in [-0.3, -0.25) is 28.8 Å². The lowest BCUT2D eigenvalue weighted by atomic mass is 9.77. The number of phenolic OH excluding ortho intramolecular Hbond substituents is 1. The van der Waals surface area contributed by atoms with Crippen molar-refractivity contribution in [1.82, 2.24) is 49.9 Å². The molecule has 7 heterocycles. The number of carbonyl (C=O) groups excluding carboxylic acids is 7. The van der Waals surface area contributed by atoms with Gasteiger partial charge in [-0.2, -0.15) is 5.10 Å². The molecule has 3 aliphatic heterocycles. The van der Waals surface area contributed by atoms with E-state index >= 15 is 0 Å². The SMILES string of the molecule is CO[C@H]1C[C@@H]2CC[C@@H](C)[C@@](O)(O2)C(=O)C(=O)N2CCCC[C@H]2C(=O)O[C@H]([C@H](C)C[C@@H]2CC[C@H](n3cc(CCCC(=O)NCCOCCOCCOCCC(=O)CCCOCCOCCC(=O)CCCCCn4nc(-c5cc6cc(O)ccc6[nH]5)c5c(N)ncnc54)nn3)[C@H](OC)C2)C[C@@H](OC)[C@H](C)/C=C(\C)[C@@H](O)[C@@H](OC)C(=O)[C@H](C)C[C@H](C)/C=C/C=C/C=C/1C. The van der Waals surface area contributed by atoms with Gasteiger partial charge in [0.25, 0.3) is 11.7 Å². The number of aromatic hydroxyl groups is 1. The summed E-state index contributed by atoms with van der Waals surface area (Å²) in [6, 6.07) is 5.78. The monoisotopic (exact) mass is 1750 g/mol. The van der Waals surface area contributed by atoms with Gasteiger partial charge in [0.2, 0.25) is 11.7 Å². The number of fused-ring (bicyclic) bond motifs is 5. The quantitative estimate of drug-likeness (QED) is 0.00916. The number of rotatable bonds is 41. The molecule has 0 radical (unpaired) electrons. The third-order valence-electron chi connectivity index (χ3n) is 24.9. The van der Waals surface area contributed by atoms with Crippen molar-refractivity contribution in [2.45, 2.75) is 263 Å². The molecule has 1 aromatic carbocycles. The second-order valence-corrected chi connectivity index (χ2v) is 34.4. The van der Waals surface area contributed by atoms with Gasteiger partial charge < -0.3 is 88.4 Å². The number of ketones is 4. The highest BCUT2D eigenvalue weighted by molar-refractivity contribution is 6.39. The number of ether oxygens (including phenoxy) is 11. The normalized spacial score (nSPS) is 27.3. The molecular weight excluding hydrogens is 1610 g/mol. The summed E-state index contributed by atoms with van der Waals surface area (Å²) in [7, 11) is 6.28. The van der Waals surface area contributed by atoms with Crippen LogP contribution in [0.15, 0.2) is 84.4 Å². The van der Waals surface area contributed by atoms with Gasteiger partial charge in [-0.05, 0) is 163 Å². The third-order valence-corrected chi connectivity index (χ3v) is 24.9. The number of nitrogens with two attached hydrogens (primary N) is 1. The maximum atomic E-state index is 15.0. The zero-order valence-corrected chi connectivity index (χ0v) is 75.4. The molecule has 3 fully saturated rings. The average Bonchev–Trinajstić information content (AvgIpc) is 1.66. The lowest BCUT2D eigenvalue weighted by Crippen LogP contribution is -2.61. The van der Waals surface area contributed by atoms with E-state index in [4.69, 9.17) is 62.9 Å². The van der Waals surface area contributed by atoms with Gasteiger partial charge in [0.15, 0.2) is 11.4 Å². The summed E-state index contributed by atoms with van der Waals surface area (Å²) in [4.78, 5) is 109. The Bertz CT molecular complexity index is 4370. The molecule has 4 aliphatic rings. The van der Waals surface area contributed by atoms with E-state index in [9.17, 15) is 48.9 Å². The molecule has 1 aliphatic carbocycles. The number of allylic oxidation sites excluding steroid dienone is 5. The number of amides is 2. The number of nitrogens with zero attached hydrogens (tertiary/aromatic N) is 8. The maximum Gasteiger partial charge on any atom is 0.329 e. The molecule has 1 saturated carbocycles. The van der Waals surface area contributed by atoms with Crippen LogP contribution in [0.2, 0.25) is 0 Å². The molecule has 7 N–H and O–H groups in total. The Labute approximate surface area is 735 Å². The largest absolute Gasteiger partial charge is 0.508 e. The minimum Gasteiger partial charge on any atom is -0.508 e. The van der Waals surface area contributed by atoms with Gasteiger partial charge in [-0.25, -0.2) is 24.1 Å². The molecule has 2 amide bonds. The zero-order valence-electron chi connectivity index (χ0n) is 75.4. The molecule has 32 nitrogen and oxygen atoms in total. The van der Waals surface area contributed by atoms with E-state index in [1.807, 2.05) is 92.7 Å². The van der Waals surface area contributed by atoms with Gasteiger partial charge >= 0.3 is 5.97 Å². The number of unbranched alkanes of at least 4 members (excludes halogenated alkanes) is 2. The molecule has 2 saturated heterocycles. The number of anilines is 1. The first-order valence-electron chi connectivity index (χ1n) is 45.1. The zero-order chi connectivity index (χ0) is 90.0. The lowest BCUT2D eigenvalue weighted by Gasteiger charge is -2.43. The minimum atomic E-state index is -2.45. The van der Waals surface area contributed by atoms with Crippen LogP contribution in [0.25, 0.3) is 33.3 Å². The smallest absolute Gasteiger partial charge is 0.329 e. The summed E-state index contributed by atoms with van der Waals surface area (Å²) in [6.07, 6.45) is 21.8. The average molecular weight is 1750 g/mol. The number of H-pyrrole nitrogens is 1. The fourth-order valence-corrected chi connectivity index (χ4v) is 17.5. The van der Waals surface area contributed by atoms with E-state index < -0.39 is 77.9 Å². The molecule has 32 heteroatoms. The first-order valence-corrected chi connectivity index (χ1v) is 45.1. The number of hydrogen-bond acceptors (Lipinski definition) is 27. The number of aryl methyl sites for hydroxylation is 2. The lowest BCUT2D eigenvalue weighted by molar-refractivity contribution is -0.265. The topological polar surface area (TPSA) is 413 Å². The molecule has 16 atom stereocenters. The number of benzene rings is 1. The molecule has 125 heavy (non-hydrogen) atoms. The number of hydrogen-bond donors (Lipinski definition) is 6. The molecule has 9 rings (SSSR count). The molecule has 5 aromatic rings. The Kier molecular flexibility index (Phi) is 41.4. The van der Waals surface area contributed by atoms with Crippen LogP contribution in [0.4, 0.5) is 5.82 Å². The number of aliphatic hydroxyl groups excluding tert-OH is 1. The Morgan fingerprint density at radius 1 is 0.728 bits per heavy atom. The Morgan fingerprint density at radius 3 is 2.16 bits per heavy atom. The van der Waals surface area contributed by atoms with E-state index in [1.165, 1.54) is 18.3 Å². The van der Waals surface area contributed by atoms with Crippen molar-refractivity contribution in [3.63, 3.8) is 0 Å². The van der Waals surface area contributed by atoms with Crippen LogP contribution in [0.1, 0.15) is 201 Å². The second kappa shape index (κ2) is 51.6. The Morgan fingerprint density at radius 2 is 1.44 bits per heavy atom. The minimum absolute atomic E-state index is 0.0126. The number of carbonyl (C=O) groups is 7. The van der Waals surface area contributed by atoms with Crippen LogP contribution in [0.5, 0.6) is 5.75 Å². The fourth-order valence-electron chi connectivity index (χ4n) is 17.5. The first kappa shape index (κ1) is 100. The van der Waals surface area contributed by atoms with E-state index in [-0.39, 0.29) is 84.2 Å². The number of aromatic nitrogens is 8. The summed E-state index contributed by atoms with van der Waals surface area (Å²) < 4.78 is 68.8. The Balaban J connectivity index is 0.632. The molecule has 0 spiro atoms. The summed E-state index contributed by atoms with van der Waals surface area (Å²) in [5.41, 5.74) is 11.3. The molecular formula is C93H139N11O21. The van der Waals surface area contributed by atoms with E-state index in [1.54, 1.807) is 53.4 Å². The van der Waals surface area contributed by atoms with Crippen LogP contribution in [0, 0.1) is 35.5 Å². The number of esters is 1. The van der Waals surface area contributed by atoms with Crippen LogP contribution in [0.3, 0.4) is 0 Å². The highest BCUT2D eigenvalue weighted by Crippen LogP contribution is 2.41. The number of phenols is 1. The number of Topliss-reactive ketones (excluding diaryl/α,β-unsaturated/α-hetero) is 4. The standard InChI is InChI=1S/C93H139N11O21/c1-60-22-14-12-15-23-61(2)78(115-8)56-73-32-29-66(7)93(114,125-73)88(111)91(112)102-38-19-17-27-77(102)92(113)124-80(57-79(116-9)62(3)51-65(6)86(110)87(118-11)85(109)64(5)50-60)63(4)52-67-30-34-76(81(53-67)117-10)104-58-69(99-101-104)24-20-28-82(108)95-37-43-122-47-49-123-48-46-121-42-36-71(106)26-21-40-119-44-45-120-41-35-70(105)25-16-13-18-39-103-90-83(89(94)96-59-97-90)84(100-103)75-55-68-54-72(107)31-33-74(68)98-75/h12,14-15,22-23,31,33,51,54-55,58-60,62-64,66-67,73,76-81,86-87,98,107,110,114H,13,16-21,24-30,32,34-50,52-53,56-57H2,1-11H3,(H,95,108)(H2,94,96,97)/b15-12+,22-14+,61-23+,65-51+/t60-,62-,63-,64-,66-,67+,73+,76+,77+,78+,79-,80+,81-,86-,87+,93-/m1/s1. The predicted octanol–water partition coefficient (Wildman–Crippen LogP) is 11.2. The van der Waals surface area contributed by atoms with Gasteiger partial charge in [-0.1, -0.05) is 82.7 Å². The highest BCUT2D eigenvalue weighted by atomic mass is 16.6. The Hall–Kier alpha value is -8.38. The van der Waals surface area contributed by atoms with Crippen LogP contribution in [-0.2, 0) is 98.6 Å². The number of nitrogen functional groups attached to an aromatic ring is 1. The summed E-state index contributed by atoms with van der Waals surface area (Å²) in [5.74, 6) is -6.50. The van der Waals surface area contributed by atoms with Crippen molar-refractivity contribution in [2.24, 2.45) is 35.5 Å². The van der Waals surface area contributed by atoms with E-state index in [0.717, 1.165) is 60.0 Å². The van der Waals surface area contributed by atoms with Crippen molar-refractivity contribution in [3.05, 3.63) is 90.1 Å². The number of cyclic esters (lactones) is 1. The van der Waals surface area contributed by atoms with Crippen molar-refractivity contribution < 1.29 is 101 Å². The van der Waals surface area contributed by atoms with Gasteiger partial charge in [-0.15, -0.1) is 5.10 Å². The summed E-state index contributed by atoms with van der Waals surface area (Å²) in [6.45, 7) is 17.7. The molecule has 692 valence electrons. The number of piperidine rings is 1. The number of aromatic amines is 1. The summed E-state index contributed by atoms with van der Waals surface area (Å²) in [5, 5.41) is 52.2. The van der Waals surface area contributed by atoms with Gasteiger partial charge in [0.1, 0.15) is 59.5 Å². The predicted molar refractivity (Wildman–Crippen MR) is 470 cm³/mol.